The first-order chi connectivity index (χ1) is 5.95. The summed E-state index contributed by atoms with van der Waals surface area (Å²) in [6.07, 6.45) is -0.889. The molecule has 0 saturated carbocycles. The van der Waals surface area contributed by atoms with Crippen molar-refractivity contribution in [1.29, 1.82) is 0 Å². The summed E-state index contributed by atoms with van der Waals surface area (Å²) in [6, 6.07) is -0.851. The monoisotopic (exact) mass is 99.1 g/mol. The molecule has 0 amide bonds. The van der Waals surface area contributed by atoms with Crippen molar-refractivity contribution in [2.24, 2.45) is 0 Å². The number of aromatic nitrogens is 1. The van der Waals surface area contributed by atoms with Gasteiger partial charge in [0.05, 0.1) is 5.48 Å². The lowest BCUT2D eigenvalue weighted by molar-refractivity contribution is 1.27. The fraction of sp³-hybridized carbons (Fsp3) is 0.167. The molecule has 1 aromatic rings. The molecule has 1 heterocycles. The van der Waals surface area contributed by atoms with Gasteiger partial charge in [-0.05, 0) is 18.5 Å². The highest BCUT2D eigenvalue weighted by molar-refractivity contribution is 5.04. The summed E-state index contributed by atoms with van der Waals surface area (Å²) in [4.78, 5) is 3.34. The van der Waals surface area contributed by atoms with E-state index in [1.54, 1.807) is 0 Å². The molecule has 0 aliphatic heterocycles. The molecule has 0 spiro atoms. The summed E-state index contributed by atoms with van der Waals surface area (Å²) in [7, 11) is 0. The van der Waals surface area contributed by atoms with Gasteiger partial charge in [0, 0.05) is 15.1 Å². The largest absolute Gasteiger partial charge is 0.264 e. The van der Waals surface area contributed by atoms with Crippen LogP contribution < -0.4 is 0 Å². The van der Waals surface area contributed by atoms with Crippen LogP contribution in [0.4, 0.5) is 0 Å². The number of rotatable bonds is 0. The Hall–Kier alpha value is -0.850. The molecule has 0 radical (unpaired) electrons. The van der Waals surface area contributed by atoms with Crippen molar-refractivity contribution in [1.82, 2.24) is 4.98 Å². The first kappa shape index (κ1) is 1.10. The van der Waals surface area contributed by atoms with E-state index in [4.69, 9.17) is 8.22 Å². The van der Waals surface area contributed by atoms with Gasteiger partial charge in [-0.25, -0.2) is 0 Å². The lowest BCUT2D eigenvalue weighted by atomic mass is 10.3. The Morgan fingerprint density at radius 3 is 3.86 bits per heavy atom. The summed E-state index contributed by atoms with van der Waals surface area (Å²) in [5.41, 5.74) is -0.221. The quantitative estimate of drug-likeness (QED) is 0.479. The van der Waals surface area contributed by atoms with Gasteiger partial charge in [0.1, 0.15) is 0 Å². The first-order valence-electron chi connectivity index (χ1n) is 4.89. The standard InChI is InChI=1S/C6H7N/c1-6-3-2-4-7-5-6/h2-5H,1H3/i1D2,2D,3D,4D,5D. The van der Waals surface area contributed by atoms with Gasteiger partial charge in [0.15, 0.2) is 0 Å². The van der Waals surface area contributed by atoms with E-state index in [1.807, 2.05) is 0 Å². The first-order valence-corrected chi connectivity index (χ1v) is 1.74. The Labute approximate surface area is 51.4 Å². The maximum absolute atomic E-state index is 7.30. The Bertz CT molecular complexity index is 336. The maximum Gasteiger partial charge on any atom is 0.0843 e. The molecule has 0 aliphatic carbocycles. The molecule has 0 bridgehead atoms. The van der Waals surface area contributed by atoms with E-state index in [9.17, 15) is 0 Å². The van der Waals surface area contributed by atoms with Gasteiger partial charge >= 0.3 is 0 Å². The van der Waals surface area contributed by atoms with Crippen LogP contribution in [0.2, 0.25) is 0 Å². The van der Waals surface area contributed by atoms with Crippen LogP contribution in [0.1, 0.15) is 13.8 Å². The summed E-state index contributed by atoms with van der Waals surface area (Å²) in [5.74, 6) is 0. The summed E-state index contributed by atoms with van der Waals surface area (Å²) in [6.45, 7) is -1.50. The van der Waals surface area contributed by atoms with Crippen LogP contribution in [0.3, 0.4) is 0 Å². The van der Waals surface area contributed by atoms with Crippen molar-refractivity contribution < 1.29 is 8.22 Å². The van der Waals surface area contributed by atoms with E-state index in [-0.39, 0.29) is 5.56 Å². The third-order valence-electron chi connectivity index (χ3n) is 0.485. The van der Waals surface area contributed by atoms with Gasteiger partial charge in [-0.15, -0.1) is 0 Å². The molecular weight excluding hydrogens is 86.1 g/mol. The lowest BCUT2D eigenvalue weighted by Crippen LogP contribution is -1.69. The second kappa shape index (κ2) is 1.73. The van der Waals surface area contributed by atoms with E-state index < -0.39 is 31.3 Å². The molecule has 0 unspecified atom stereocenters. The predicted molar refractivity (Wildman–Crippen MR) is 29.0 cm³/mol. The molecule has 1 nitrogen and oxygen atoms in total. The third-order valence-corrected chi connectivity index (χ3v) is 0.485. The van der Waals surface area contributed by atoms with E-state index >= 15 is 0 Å². The Morgan fingerprint density at radius 2 is 3.00 bits per heavy atom. The molecule has 1 rings (SSSR count). The number of hydrogen-bond donors (Lipinski definition) is 0. The molecule has 0 saturated heterocycles. The number of pyridine rings is 1. The van der Waals surface area contributed by atoms with Gasteiger partial charge < -0.3 is 0 Å². The van der Waals surface area contributed by atoms with Crippen LogP contribution in [0.25, 0.3) is 0 Å². The van der Waals surface area contributed by atoms with Crippen molar-refractivity contribution >= 4 is 0 Å². The predicted octanol–water partition coefficient (Wildman–Crippen LogP) is 1.39. The maximum atomic E-state index is 7.30. The molecule has 7 heavy (non-hydrogen) atoms. The zero-order valence-corrected chi connectivity index (χ0v) is 3.52. The van der Waals surface area contributed by atoms with E-state index in [0.29, 0.717) is 0 Å². The minimum absolute atomic E-state index is 0.221. The Morgan fingerprint density at radius 1 is 2.00 bits per heavy atom. The van der Waals surface area contributed by atoms with E-state index in [0.717, 1.165) is 0 Å². The van der Waals surface area contributed by atoms with Crippen LogP contribution in [-0.4, -0.2) is 4.98 Å². The average molecular weight is 99.2 g/mol. The van der Waals surface area contributed by atoms with Crippen molar-refractivity contribution in [2.75, 3.05) is 0 Å². The zero-order chi connectivity index (χ0) is 10.2. The van der Waals surface area contributed by atoms with Crippen LogP contribution in [0.15, 0.2) is 24.4 Å². The molecule has 0 aromatic carbocycles. The fourth-order valence-electron chi connectivity index (χ4n) is 0.239. The van der Waals surface area contributed by atoms with Gasteiger partial charge in [0.2, 0.25) is 0 Å². The van der Waals surface area contributed by atoms with Crippen LogP contribution in [-0.2, 0) is 0 Å². The minimum Gasteiger partial charge on any atom is -0.264 e. The van der Waals surface area contributed by atoms with Crippen molar-refractivity contribution in [3.8, 4) is 0 Å². The normalized spacial score (nSPS) is 21.3. The van der Waals surface area contributed by atoms with Crippen molar-refractivity contribution in [3.63, 3.8) is 0 Å². The SMILES string of the molecule is [2H]c1nc([2H])c(C([2H])[2H])c([2H])c1[2H]. The van der Waals surface area contributed by atoms with Gasteiger partial charge in [0.25, 0.3) is 0 Å². The number of hydrogen-bond acceptors (Lipinski definition) is 1. The topological polar surface area (TPSA) is 12.9 Å². The molecule has 1 heteroatoms. The van der Waals surface area contributed by atoms with Crippen LogP contribution in [0.5, 0.6) is 0 Å². The lowest BCUT2D eigenvalue weighted by Gasteiger charge is -1.82. The van der Waals surface area contributed by atoms with E-state index in [1.165, 1.54) is 0 Å². The second-order valence-electron chi connectivity index (χ2n) is 0.999. The fourth-order valence-corrected chi connectivity index (χ4v) is 0.239. The molecular formula is C6H7N. The minimum atomic E-state index is -1.50. The van der Waals surface area contributed by atoms with Crippen molar-refractivity contribution in [2.45, 2.75) is 6.88 Å². The highest BCUT2D eigenvalue weighted by Gasteiger charge is 1.73. The Balaban J connectivity index is 3.44. The summed E-state index contributed by atoms with van der Waals surface area (Å²) < 4.78 is 42.8. The second-order valence-corrected chi connectivity index (χ2v) is 0.999. The van der Waals surface area contributed by atoms with Crippen molar-refractivity contribution in [3.05, 3.63) is 30.0 Å². The van der Waals surface area contributed by atoms with Gasteiger partial charge in [-0.3, -0.25) is 4.98 Å². The number of nitrogens with zero attached hydrogens (tertiary/aromatic N) is 1. The molecule has 0 N–H and O–H groups in total. The highest BCUT2D eigenvalue weighted by atomic mass is 14.6. The highest BCUT2D eigenvalue weighted by Crippen LogP contribution is 1.88. The van der Waals surface area contributed by atoms with E-state index in [2.05, 4.69) is 4.98 Å². The van der Waals surface area contributed by atoms with Gasteiger partial charge in [-0.2, -0.15) is 0 Å². The molecule has 0 atom stereocenters. The molecule has 0 fully saturated rings. The smallest absolute Gasteiger partial charge is 0.0843 e. The molecule has 36 valence electrons. The summed E-state index contributed by atoms with van der Waals surface area (Å²) >= 11 is 0. The Kier molecular flexibility index (Phi) is 0.274. The van der Waals surface area contributed by atoms with Crippen LogP contribution >= 0.6 is 0 Å². The zero-order valence-electron chi connectivity index (χ0n) is 9.52. The third kappa shape index (κ3) is 1.000. The van der Waals surface area contributed by atoms with Gasteiger partial charge in [-0.1, -0.05) is 6.04 Å². The van der Waals surface area contributed by atoms with Crippen LogP contribution in [0, 0.1) is 6.88 Å². The molecule has 0 aliphatic rings. The molecule has 1 aromatic heterocycles. The average Bonchev–Trinajstić information content (AvgIpc) is 1.99. The summed E-state index contributed by atoms with van der Waals surface area (Å²) in [5, 5.41) is 0.